The zero-order valence-electron chi connectivity index (χ0n) is 10.9. The van der Waals surface area contributed by atoms with Gasteiger partial charge < -0.3 is 5.11 Å². The number of hydrogen-bond acceptors (Lipinski definition) is 3. The molecule has 1 N–H and O–H groups in total. The van der Waals surface area contributed by atoms with Crippen molar-refractivity contribution in [1.82, 2.24) is 0 Å². The molecule has 2 unspecified atom stereocenters. The van der Waals surface area contributed by atoms with Crippen molar-refractivity contribution < 1.29 is 19.7 Å². The van der Waals surface area contributed by atoms with Gasteiger partial charge in [0.15, 0.2) is 0 Å². The molecule has 16 heavy (non-hydrogen) atoms. The Kier molecular flexibility index (Phi) is 6.60. The Morgan fingerprint density at radius 1 is 1.31 bits per heavy atom. The van der Waals surface area contributed by atoms with Crippen molar-refractivity contribution in [3.8, 4) is 0 Å². The summed E-state index contributed by atoms with van der Waals surface area (Å²) in [5, 5.41) is 9.06. The number of carboxylic acid groups (broad SMARTS) is 1. The fourth-order valence-corrected chi connectivity index (χ4v) is 1.40. The summed E-state index contributed by atoms with van der Waals surface area (Å²) in [5.41, 5.74) is -0.414. The summed E-state index contributed by atoms with van der Waals surface area (Å²) in [7, 11) is 0. The van der Waals surface area contributed by atoms with Crippen LogP contribution in [0.25, 0.3) is 0 Å². The molecule has 0 aromatic carbocycles. The van der Waals surface area contributed by atoms with Crippen molar-refractivity contribution in [3.63, 3.8) is 0 Å². The molecule has 96 valence electrons. The van der Waals surface area contributed by atoms with Crippen LogP contribution >= 0.6 is 0 Å². The standard InChI is InChI=1S/C12H24O4/c1-6-8-10(9(7-2)11(13)14)15-16-12(3,4)5/h9-10H,6-8H2,1-5H3,(H,13,14). The predicted molar refractivity (Wildman–Crippen MR) is 62.0 cm³/mol. The maximum absolute atomic E-state index is 11.0. The van der Waals surface area contributed by atoms with Gasteiger partial charge in [0.25, 0.3) is 0 Å². The highest BCUT2D eigenvalue weighted by Crippen LogP contribution is 2.20. The fourth-order valence-electron chi connectivity index (χ4n) is 1.40. The first kappa shape index (κ1) is 15.4. The van der Waals surface area contributed by atoms with Crippen LogP contribution in [0.15, 0.2) is 0 Å². The molecule has 0 radical (unpaired) electrons. The van der Waals surface area contributed by atoms with Crippen molar-refractivity contribution in [2.24, 2.45) is 5.92 Å². The fraction of sp³-hybridized carbons (Fsp3) is 0.917. The second-order valence-corrected chi connectivity index (χ2v) is 4.97. The van der Waals surface area contributed by atoms with Gasteiger partial charge in [-0.15, -0.1) is 0 Å². The Morgan fingerprint density at radius 2 is 1.88 bits per heavy atom. The Morgan fingerprint density at radius 3 is 2.19 bits per heavy atom. The SMILES string of the molecule is CCCC(OOC(C)(C)C)C(CC)C(=O)O. The van der Waals surface area contributed by atoms with E-state index >= 15 is 0 Å². The second-order valence-electron chi connectivity index (χ2n) is 4.97. The van der Waals surface area contributed by atoms with Crippen molar-refractivity contribution in [2.75, 3.05) is 0 Å². The Labute approximate surface area is 97.9 Å². The quantitative estimate of drug-likeness (QED) is 0.541. The maximum atomic E-state index is 11.0. The summed E-state index contributed by atoms with van der Waals surface area (Å²) in [5.74, 6) is -1.32. The van der Waals surface area contributed by atoms with E-state index in [1.807, 2.05) is 34.6 Å². The van der Waals surface area contributed by atoms with Crippen LogP contribution in [0, 0.1) is 5.92 Å². The first-order valence-electron chi connectivity index (χ1n) is 5.89. The van der Waals surface area contributed by atoms with Crippen LogP contribution in [0.2, 0.25) is 0 Å². The lowest BCUT2D eigenvalue weighted by Gasteiger charge is -2.26. The van der Waals surface area contributed by atoms with Gasteiger partial charge in [-0.05, 0) is 33.6 Å². The molecule has 4 heteroatoms. The van der Waals surface area contributed by atoms with E-state index in [2.05, 4.69) is 0 Å². The zero-order chi connectivity index (χ0) is 12.8. The van der Waals surface area contributed by atoms with Crippen molar-refractivity contribution in [3.05, 3.63) is 0 Å². The number of rotatable bonds is 7. The summed E-state index contributed by atoms with van der Waals surface area (Å²) < 4.78 is 0. The van der Waals surface area contributed by atoms with Gasteiger partial charge in [0, 0.05) is 0 Å². The van der Waals surface area contributed by atoms with E-state index < -0.39 is 17.5 Å². The molecule has 2 atom stereocenters. The summed E-state index contributed by atoms with van der Waals surface area (Å²) in [6.45, 7) is 9.47. The first-order chi connectivity index (χ1) is 7.31. The third-order valence-electron chi connectivity index (χ3n) is 2.20. The Hall–Kier alpha value is -0.610. The van der Waals surface area contributed by atoms with Crippen LogP contribution in [0.5, 0.6) is 0 Å². The molecule has 0 aromatic rings. The lowest BCUT2D eigenvalue weighted by Crippen LogP contribution is -2.33. The van der Waals surface area contributed by atoms with E-state index in [9.17, 15) is 4.79 Å². The number of carbonyl (C=O) groups is 1. The molecule has 0 saturated carbocycles. The number of aliphatic carboxylic acids is 1. The van der Waals surface area contributed by atoms with E-state index in [1.165, 1.54) is 0 Å². The van der Waals surface area contributed by atoms with Gasteiger partial charge in [0.1, 0.15) is 6.10 Å². The average molecular weight is 232 g/mol. The maximum Gasteiger partial charge on any atom is 0.309 e. The van der Waals surface area contributed by atoms with Gasteiger partial charge >= 0.3 is 5.97 Å². The lowest BCUT2D eigenvalue weighted by atomic mass is 9.96. The highest BCUT2D eigenvalue weighted by atomic mass is 17.2. The number of carboxylic acids is 1. The smallest absolute Gasteiger partial charge is 0.309 e. The number of hydrogen-bond donors (Lipinski definition) is 1. The highest BCUT2D eigenvalue weighted by Gasteiger charge is 2.29. The van der Waals surface area contributed by atoms with E-state index in [0.717, 1.165) is 6.42 Å². The molecule has 0 amide bonds. The third kappa shape index (κ3) is 6.08. The molecule has 4 nitrogen and oxygen atoms in total. The summed E-state index contributed by atoms with van der Waals surface area (Å²) in [6, 6.07) is 0. The van der Waals surface area contributed by atoms with Crippen LogP contribution < -0.4 is 0 Å². The summed E-state index contributed by atoms with van der Waals surface area (Å²) in [4.78, 5) is 21.5. The molecule has 0 rings (SSSR count). The highest BCUT2D eigenvalue weighted by molar-refractivity contribution is 5.70. The van der Waals surface area contributed by atoms with Crippen molar-refractivity contribution in [2.45, 2.75) is 65.6 Å². The molecule has 0 fully saturated rings. The summed E-state index contributed by atoms with van der Waals surface area (Å²) >= 11 is 0. The first-order valence-corrected chi connectivity index (χ1v) is 5.89. The van der Waals surface area contributed by atoms with Crippen LogP contribution in [0.4, 0.5) is 0 Å². The molecular formula is C12H24O4. The predicted octanol–water partition coefficient (Wildman–Crippen LogP) is 3.01. The zero-order valence-corrected chi connectivity index (χ0v) is 10.9. The minimum absolute atomic E-state index is 0.369. The topological polar surface area (TPSA) is 55.8 Å². The van der Waals surface area contributed by atoms with Gasteiger partial charge in [-0.1, -0.05) is 20.3 Å². The molecule has 0 bridgehead atoms. The minimum atomic E-state index is -0.821. The molecule has 0 aromatic heterocycles. The minimum Gasteiger partial charge on any atom is -0.481 e. The van der Waals surface area contributed by atoms with Crippen LogP contribution in [0.3, 0.4) is 0 Å². The second kappa shape index (κ2) is 6.86. The van der Waals surface area contributed by atoms with Gasteiger partial charge in [0.05, 0.1) is 11.5 Å². The van der Waals surface area contributed by atoms with Gasteiger partial charge in [0.2, 0.25) is 0 Å². The molecular weight excluding hydrogens is 208 g/mol. The average Bonchev–Trinajstić information content (AvgIpc) is 2.13. The molecule has 0 aliphatic carbocycles. The molecule has 0 aliphatic rings. The largest absolute Gasteiger partial charge is 0.481 e. The van der Waals surface area contributed by atoms with Crippen LogP contribution in [0.1, 0.15) is 53.9 Å². The molecule has 0 aliphatic heterocycles. The Bertz CT molecular complexity index is 208. The van der Waals surface area contributed by atoms with E-state index in [-0.39, 0.29) is 6.10 Å². The lowest BCUT2D eigenvalue weighted by molar-refractivity contribution is -0.379. The van der Waals surface area contributed by atoms with Gasteiger partial charge in [-0.25, -0.2) is 9.78 Å². The van der Waals surface area contributed by atoms with Crippen LogP contribution in [-0.4, -0.2) is 22.8 Å². The Balaban J connectivity index is 4.40. The normalized spacial score (nSPS) is 15.8. The van der Waals surface area contributed by atoms with Crippen molar-refractivity contribution >= 4 is 5.97 Å². The third-order valence-corrected chi connectivity index (χ3v) is 2.20. The molecule has 0 spiro atoms. The van der Waals surface area contributed by atoms with Crippen molar-refractivity contribution in [1.29, 1.82) is 0 Å². The van der Waals surface area contributed by atoms with Crippen LogP contribution in [-0.2, 0) is 14.6 Å². The van der Waals surface area contributed by atoms with E-state index in [4.69, 9.17) is 14.9 Å². The summed E-state index contributed by atoms with van der Waals surface area (Å²) in [6.07, 6.45) is 1.75. The molecule has 0 saturated heterocycles. The van der Waals surface area contributed by atoms with Gasteiger partial charge in [-0.3, -0.25) is 4.79 Å². The van der Waals surface area contributed by atoms with E-state index in [1.54, 1.807) is 0 Å². The molecule has 0 heterocycles. The van der Waals surface area contributed by atoms with Gasteiger partial charge in [-0.2, -0.15) is 0 Å². The van der Waals surface area contributed by atoms with E-state index in [0.29, 0.717) is 12.8 Å². The monoisotopic (exact) mass is 232 g/mol.